The summed E-state index contributed by atoms with van der Waals surface area (Å²) in [6.45, 7) is 5.33. The number of alkyl carbamates (subject to hydrolysis) is 1. The minimum absolute atomic E-state index is 0.206. The van der Waals surface area contributed by atoms with Crippen LogP contribution in [-0.2, 0) is 9.53 Å². The van der Waals surface area contributed by atoms with E-state index in [2.05, 4.69) is 5.32 Å². The van der Waals surface area contributed by atoms with Crippen LogP contribution in [0.25, 0.3) is 0 Å². The molecule has 1 aromatic rings. The highest BCUT2D eigenvalue weighted by atomic mass is 16.6. The van der Waals surface area contributed by atoms with E-state index in [1.54, 1.807) is 47.0 Å². The number of hydrogen-bond donors (Lipinski definition) is 1. The largest absolute Gasteiger partial charge is 0.444 e. The van der Waals surface area contributed by atoms with Crippen LogP contribution in [0.3, 0.4) is 0 Å². The number of nitrogens with one attached hydrogen (secondary N) is 1. The second-order valence-corrected chi connectivity index (χ2v) is 5.72. The molecule has 5 heteroatoms. The molecule has 0 saturated heterocycles. The summed E-state index contributed by atoms with van der Waals surface area (Å²) in [6.07, 6.45) is -0.610. The summed E-state index contributed by atoms with van der Waals surface area (Å²) in [5.74, 6) is -0.206. The van der Waals surface area contributed by atoms with Crippen LogP contribution < -0.4 is 5.32 Å². The number of nitrogens with zero attached hydrogens (tertiary/aromatic N) is 1. The number of benzene rings is 1. The van der Waals surface area contributed by atoms with Gasteiger partial charge in [-0.2, -0.15) is 0 Å². The number of carbonyl (C=O) groups excluding carboxylic acids is 2. The maximum atomic E-state index is 12.2. The quantitative estimate of drug-likeness (QED) is 0.923. The summed E-state index contributed by atoms with van der Waals surface area (Å²) in [6, 6.07) is 8.34. The molecule has 1 rings (SSSR count). The van der Waals surface area contributed by atoms with E-state index in [9.17, 15) is 9.59 Å². The SMILES string of the molecule is CN(C)C(=O)[C@@H](NC(=O)OC(C)(C)C)c1ccccc1. The van der Waals surface area contributed by atoms with Crippen LogP contribution in [0, 0.1) is 0 Å². The molecular formula is C15H22N2O3. The lowest BCUT2D eigenvalue weighted by Gasteiger charge is -2.25. The summed E-state index contributed by atoms with van der Waals surface area (Å²) in [5.41, 5.74) is 0.115. The third kappa shape index (κ3) is 4.91. The Morgan fingerprint density at radius 2 is 1.70 bits per heavy atom. The summed E-state index contributed by atoms with van der Waals surface area (Å²) in [7, 11) is 3.30. The average Bonchev–Trinajstić information content (AvgIpc) is 2.34. The molecular weight excluding hydrogens is 256 g/mol. The first kappa shape index (κ1) is 16.0. The van der Waals surface area contributed by atoms with E-state index >= 15 is 0 Å². The van der Waals surface area contributed by atoms with Gasteiger partial charge in [0, 0.05) is 14.1 Å². The lowest BCUT2D eigenvalue weighted by atomic mass is 10.1. The minimum atomic E-state index is -0.749. The number of hydrogen-bond acceptors (Lipinski definition) is 3. The molecule has 0 unspecified atom stereocenters. The highest BCUT2D eigenvalue weighted by molar-refractivity contribution is 5.86. The van der Waals surface area contributed by atoms with Crippen molar-refractivity contribution in [1.82, 2.24) is 10.2 Å². The maximum absolute atomic E-state index is 12.2. The highest BCUT2D eigenvalue weighted by Gasteiger charge is 2.26. The summed E-state index contributed by atoms with van der Waals surface area (Å²) < 4.78 is 5.20. The maximum Gasteiger partial charge on any atom is 0.408 e. The second-order valence-electron chi connectivity index (χ2n) is 5.72. The summed E-state index contributed by atoms with van der Waals surface area (Å²) in [5, 5.41) is 2.62. The van der Waals surface area contributed by atoms with Crippen LogP contribution >= 0.6 is 0 Å². The van der Waals surface area contributed by atoms with Gasteiger partial charge < -0.3 is 15.0 Å². The molecule has 1 N–H and O–H groups in total. The molecule has 0 aliphatic rings. The fourth-order valence-corrected chi connectivity index (χ4v) is 1.62. The van der Waals surface area contributed by atoms with Gasteiger partial charge in [-0.25, -0.2) is 4.79 Å². The van der Waals surface area contributed by atoms with Crippen molar-refractivity contribution < 1.29 is 14.3 Å². The molecule has 0 aliphatic heterocycles. The van der Waals surface area contributed by atoms with Crippen LogP contribution in [0.4, 0.5) is 4.79 Å². The molecule has 0 aliphatic carbocycles. The lowest BCUT2D eigenvalue weighted by Crippen LogP contribution is -2.42. The van der Waals surface area contributed by atoms with Crippen LogP contribution in [0.15, 0.2) is 30.3 Å². The third-order valence-electron chi connectivity index (χ3n) is 2.48. The van der Waals surface area contributed by atoms with Gasteiger partial charge in [-0.05, 0) is 26.3 Å². The van der Waals surface area contributed by atoms with Crippen molar-refractivity contribution in [3.63, 3.8) is 0 Å². The number of carbonyl (C=O) groups is 2. The molecule has 2 amide bonds. The van der Waals surface area contributed by atoms with Gasteiger partial charge in [-0.15, -0.1) is 0 Å². The molecule has 1 aromatic carbocycles. The third-order valence-corrected chi connectivity index (χ3v) is 2.48. The zero-order chi connectivity index (χ0) is 15.3. The van der Waals surface area contributed by atoms with Gasteiger partial charge in [-0.1, -0.05) is 30.3 Å². The molecule has 0 bridgehead atoms. The molecule has 1 atom stereocenters. The molecule has 0 fully saturated rings. The Balaban J connectivity index is 2.90. The predicted molar refractivity (Wildman–Crippen MR) is 77.2 cm³/mol. The van der Waals surface area contributed by atoms with E-state index in [0.717, 1.165) is 5.56 Å². The van der Waals surface area contributed by atoms with Gasteiger partial charge in [-0.3, -0.25) is 4.79 Å². The first-order chi connectivity index (χ1) is 9.20. The molecule has 0 radical (unpaired) electrons. The molecule has 0 saturated carbocycles. The van der Waals surface area contributed by atoms with Gasteiger partial charge >= 0.3 is 6.09 Å². The fourth-order valence-electron chi connectivity index (χ4n) is 1.62. The van der Waals surface area contributed by atoms with Gasteiger partial charge in [0.1, 0.15) is 11.6 Å². The minimum Gasteiger partial charge on any atom is -0.444 e. The normalized spacial score (nSPS) is 12.4. The van der Waals surface area contributed by atoms with Crippen molar-refractivity contribution >= 4 is 12.0 Å². The zero-order valence-corrected chi connectivity index (χ0v) is 12.6. The summed E-state index contributed by atoms with van der Waals surface area (Å²) in [4.78, 5) is 25.5. The lowest BCUT2D eigenvalue weighted by molar-refractivity contribution is -0.131. The van der Waals surface area contributed by atoms with Crippen molar-refractivity contribution in [2.45, 2.75) is 32.4 Å². The van der Waals surface area contributed by atoms with Crippen LogP contribution in [-0.4, -0.2) is 36.6 Å². The standard InChI is InChI=1S/C15H22N2O3/c1-15(2,3)20-14(19)16-12(13(18)17(4)5)11-9-7-6-8-10-11/h6-10,12H,1-5H3,(H,16,19)/t12-/m0/s1. The molecule has 5 nitrogen and oxygen atoms in total. The fraction of sp³-hybridized carbons (Fsp3) is 0.467. The van der Waals surface area contributed by atoms with Crippen LogP contribution in [0.1, 0.15) is 32.4 Å². The summed E-state index contributed by atoms with van der Waals surface area (Å²) >= 11 is 0. The zero-order valence-electron chi connectivity index (χ0n) is 12.6. The second kappa shape index (κ2) is 6.41. The van der Waals surface area contributed by atoms with Crippen molar-refractivity contribution in [3.05, 3.63) is 35.9 Å². The van der Waals surface area contributed by atoms with Gasteiger partial charge in [0.05, 0.1) is 0 Å². The van der Waals surface area contributed by atoms with Crippen LogP contribution in [0.5, 0.6) is 0 Å². The molecule has 20 heavy (non-hydrogen) atoms. The Bertz CT molecular complexity index is 464. The average molecular weight is 278 g/mol. The van der Waals surface area contributed by atoms with E-state index < -0.39 is 17.7 Å². The predicted octanol–water partition coefficient (Wildman–Crippen LogP) is 2.34. The molecule has 0 heterocycles. The van der Waals surface area contributed by atoms with Crippen molar-refractivity contribution in [1.29, 1.82) is 0 Å². The van der Waals surface area contributed by atoms with E-state index in [1.165, 1.54) is 4.90 Å². The van der Waals surface area contributed by atoms with E-state index in [4.69, 9.17) is 4.74 Å². The highest BCUT2D eigenvalue weighted by Crippen LogP contribution is 2.16. The van der Waals surface area contributed by atoms with Crippen molar-refractivity contribution in [2.24, 2.45) is 0 Å². The molecule has 0 spiro atoms. The van der Waals surface area contributed by atoms with Crippen molar-refractivity contribution in [3.8, 4) is 0 Å². The number of likely N-dealkylation sites (N-methyl/N-ethyl adjacent to an activating group) is 1. The topological polar surface area (TPSA) is 58.6 Å². The Kier molecular flexibility index (Phi) is 5.13. The Morgan fingerprint density at radius 3 is 2.15 bits per heavy atom. The van der Waals surface area contributed by atoms with E-state index in [0.29, 0.717) is 0 Å². The molecule has 0 aromatic heterocycles. The Labute approximate surface area is 119 Å². The van der Waals surface area contributed by atoms with Gasteiger partial charge in [0.25, 0.3) is 0 Å². The molecule has 110 valence electrons. The van der Waals surface area contributed by atoms with E-state index in [-0.39, 0.29) is 5.91 Å². The van der Waals surface area contributed by atoms with E-state index in [1.807, 2.05) is 18.2 Å². The van der Waals surface area contributed by atoms with Crippen molar-refractivity contribution in [2.75, 3.05) is 14.1 Å². The van der Waals surface area contributed by atoms with Gasteiger partial charge in [0.15, 0.2) is 0 Å². The van der Waals surface area contributed by atoms with Gasteiger partial charge in [0.2, 0.25) is 5.91 Å². The number of amides is 2. The smallest absolute Gasteiger partial charge is 0.408 e. The number of ether oxygens (including phenoxy) is 1. The monoisotopic (exact) mass is 278 g/mol. The first-order valence-electron chi connectivity index (χ1n) is 6.46. The Hall–Kier alpha value is -2.04. The number of rotatable bonds is 3. The Morgan fingerprint density at radius 1 is 1.15 bits per heavy atom. The van der Waals surface area contributed by atoms with Crippen LogP contribution in [0.2, 0.25) is 0 Å². The first-order valence-corrected chi connectivity index (χ1v) is 6.46.